The zero-order chi connectivity index (χ0) is 19.7. The van der Waals surface area contributed by atoms with E-state index in [4.69, 9.17) is 0 Å². The molecular weight excluding hydrogens is 358 g/mol. The topological polar surface area (TPSA) is 102 Å². The number of nitrogens with zero attached hydrogens (tertiary/aromatic N) is 3. The summed E-state index contributed by atoms with van der Waals surface area (Å²) in [5.41, 5.74) is 0.971. The molecule has 1 aromatic carbocycles. The number of hydrogen-bond acceptors (Lipinski definition) is 4. The SMILES string of the molecule is Cn1cc(C(=O)NCc2ccncc2)c2[nH]c(=O)n(-c3ccccc3)c(=O)c21. The van der Waals surface area contributed by atoms with E-state index in [-0.39, 0.29) is 22.5 Å². The van der Waals surface area contributed by atoms with Gasteiger partial charge in [0.2, 0.25) is 0 Å². The normalized spacial score (nSPS) is 10.9. The Morgan fingerprint density at radius 1 is 1.11 bits per heavy atom. The first-order chi connectivity index (χ1) is 13.6. The van der Waals surface area contributed by atoms with Gasteiger partial charge in [-0.2, -0.15) is 0 Å². The molecule has 0 radical (unpaired) electrons. The highest BCUT2D eigenvalue weighted by atomic mass is 16.2. The average Bonchev–Trinajstić information content (AvgIpc) is 3.04. The maximum atomic E-state index is 13.0. The van der Waals surface area contributed by atoms with E-state index in [1.165, 1.54) is 0 Å². The van der Waals surface area contributed by atoms with E-state index in [1.807, 2.05) is 0 Å². The molecule has 0 atom stereocenters. The summed E-state index contributed by atoms with van der Waals surface area (Å²) in [6.07, 6.45) is 4.82. The molecule has 0 bridgehead atoms. The lowest BCUT2D eigenvalue weighted by Gasteiger charge is -2.06. The lowest BCUT2D eigenvalue weighted by atomic mass is 10.2. The second-order valence-electron chi connectivity index (χ2n) is 6.32. The molecule has 4 rings (SSSR count). The number of rotatable bonds is 4. The molecule has 3 aromatic heterocycles. The number of nitrogens with one attached hydrogen (secondary N) is 2. The van der Waals surface area contributed by atoms with E-state index < -0.39 is 11.2 Å². The monoisotopic (exact) mass is 375 g/mol. The number of amides is 1. The molecule has 8 heteroatoms. The van der Waals surface area contributed by atoms with E-state index in [1.54, 1.807) is 72.7 Å². The molecule has 0 saturated carbocycles. The van der Waals surface area contributed by atoms with Crippen LogP contribution in [0.1, 0.15) is 15.9 Å². The van der Waals surface area contributed by atoms with Gasteiger partial charge in [0.05, 0.1) is 16.8 Å². The summed E-state index contributed by atoms with van der Waals surface area (Å²) in [6, 6.07) is 12.2. The summed E-state index contributed by atoms with van der Waals surface area (Å²) in [7, 11) is 1.66. The van der Waals surface area contributed by atoms with Crippen LogP contribution in [0.2, 0.25) is 0 Å². The van der Waals surface area contributed by atoms with Gasteiger partial charge >= 0.3 is 5.69 Å². The number of aromatic amines is 1. The van der Waals surface area contributed by atoms with Gasteiger partial charge in [-0.05, 0) is 29.8 Å². The molecule has 0 fully saturated rings. The summed E-state index contributed by atoms with van der Waals surface area (Å²) in [5.74, 6) is -0.380. The maximum Gasteiger partial charge on any atom is 0.333 e. The van der Waals surface area contributed by atoms with Crippen LogP contribution in [-0.2, 0) is 13.6 Å². The van der Waals surface area contributed by atoms with Crippen molar-refractivity contribution < 1.29 is 4.79 Å². The smallest absolute Gasteiger partial charge is 0.333 e. The van der Waals surface area contributed by atoms with Gasteiger partial charge in [-0.15, -0.1) is 0 Å². The summed E-state index contributed by atoms with van der Waals surface area (Å²) >= 11 is 0. The van der Waals surface area contributed by atoms with Crippen LogP contribution < -0.4 is 16.6 Å². The number of para-hydroxylation sites is 1. The molecule has 0 aliphatic rings. The lowest BCUT2D eigenvalue weighted by molar-refractivity contribution is 0.0952. The first kappa shape index (κ1) is 17.5. The van der Waals surface area contributed by atoms with Gasteiger partial charge in [0.15, 0.2) is 0 Å². The molecule has 0 unspecified atom stereocenters. The highest BCUT2D eigenvalue weighted by Crippen LogP contribution is 2.15. The molecule has 28 heavy (non-hydrogen) atoms. The third-order valence-electron chi connectivity index (χ3n) is 4.48. The molecule has 8 nitrogen and oxygen atoms in total. The van der Waals surface area contributed by atoms with E-state index in [9.17, 15) is 14.4 Å². The van der Waals surface area contributed by atoms with Crippen LogP contribution in [0, 0.1) is 0 Å². The number of carbonyl (C=O) groups is 1. The van der Waals surface area contributed by atoms with Crippen LogP contribution in [0.25, 0.3) is 16.7 Å². The molecule has 0 aliphatic heterocycles. The Morgan fingerprint density at radius 3 is 2.54 bits per heavy atom. The fraction of sp³-hybridized carbons (Fsp3) is 0.100. The Balaban J connectivity index is 1.77. The molecule has 3 heterocycles. The quantitative estimate of drug-likeness (QED) is 0.562. The minimum atomic E-state index is -0.599. The Hall–Kier alpha value is -3.94. The van der Waals surface area contributed by atoms with Crippen molar-refractivity contribution in [1.29, 1.82) is 0 Å². The average molecular weight is 375 g/mol. The number of pyridine rings is 1. The lowest BCUT2D eigenvalue weighted by Crippen LogP contribution is -2.34. The van der Waals surface area contributed by atoms with Crippen molar-refractivity contribution in [2.24, 2.45) is 7.05 Å². The van der Waals surface area contributed by atoms with Crippen molar-refractivity contribution in [2.75, 3.05) is 0 Å². The zero-order valence-electron chi connectivity index (χ0n) is 15.0. The van der Waals surface area contributed by atoms with Crippen molar-refractivity contribution >= 4 is 16.9 Å². The number of carbonyl (C=O) groups excluding carboxylic acids is 1. The van der Waals surface area contributed by atoms with Gasteiger partial charge in [-0.1, -0.05) is 18.2 Å². The Morgan fingerprint density at radius 2 is 1.82 bits per heavy atom. The third kappa shape index (κ3) is 3.01. The van der Waals surface area contributed by atoms with Crippen LogP contribution in [0.5, 0.6) is 0 Å². The van der Waals surface area contributed by atoms with Gasteiger partial charge in [-0.3, -0.25) is 14.6 Å². The van der Waals surface area contributed by atoms with Crippen molar-refractivity contribution in [3.8, 4) is 5.69 Å². The largest absolute Gasteiger partial charge is 0.348 e. The Bertz CT molecular complexity index is 1270. The number of benzene rings is 1. The van der Waals surface area contributed by atoms with Crippen molar-refractivity contribution in [1.82, 2.24) is 24.4 Å². The molecule has 140 valence electrons. The van der Waals surface area contributed by atoms with Gasteiger partial charge in [0.25, 0.3) is 11.5 Å². The Kier molecular flexibility index (Phi) is 4.36. The van der Waals surface area contributed by atoms with Gasteiger partial charge in [0, 0.05) is 32.2 Å². The van der Waals surface area contributed by atoms with Crippen LogP contribution in [-0.4, -0.2) is 25.0 Å². The standard InChI is InChI=1S/C20H17N5O3/c1-24-12-15(18(26)22-11-13-7-9-21-10-8-13)16-17(24)19(27)25(20(28)23-16)14-5-3-2-4-6-14/h2-10,12H,11H2,1H3,(H,22,26)(H,23,28). The minimum absolute atomic E-state index is 0.219. The van der Waals surface area contributed by atoms with Crippen LogP contribution in [0.3, 0.4) is 0 Å². The van der Waals surface area contributed by atoms with Gasteiger partial charge in [-0.25, -0.2) is 9.36 Å². The molecule has 4 aromatic rings. The zero-order valence-corrected chi connectivity index (χ0v) is 15.0. The molecule has 0 saturated heterocycles. The van der Waals surface area contributed by atoms with Gasteiger partial charge < -0.3 is 14.9 Å². The number of aryl methyl sites for hydroxylation is 1. The molecule has 0 spiro atoms. The molecule has 2 N–H and O–H groups in total. The predicted octanol–water partition coefficient (Wildman–Crippen LogP) is 1.34. The van der Waals surface area contributed by atoms with Crippen molar-refractivity contribution in [3.05, 3.63) is 93.0 Å². The fourth-order valence-electron chi connectivity index (χ4n) is 3.13. The van der Waals surface area contributed by atoms with Crippen molar-refractivity contribution in [3.63, 3.8) is 0 Å². The van der Waals surface area contributed by atoms with E-state index in [2.05, 4.69) is 15.3 Å². The van der Waals surface area contributed by atoms with Crippen LogP contribution >= 0.6 is 0 Å². The molecule has 1 amide bonds. The van der Waals surface area contributed by atoms with E-state index >= 15 is 0 Å². The van der Waals surface area contributed by atoms with E-state index in [0.717, 1.165) is 10.1 Å². The second kappa shape index (κ2) is 6.99. The number of H-pyrrole nitrogens is 1. The summed E-state index contributed by atoms with van der Waals surface area (Å²) in [4.78, 5) is 44.8. The van der Waals surface area contributed by atoms with Crippen LogP contribution in [0.4, 0.5) is 0 Å². The highest BCUT2D eigenvalue weighted by Gasteiger charge is 2.20. The Labute approximate surface area is 159 Å². The fourth-order valence-corrected chi connectivity index (χ4v) is 3.13. The number of aromatic nitrogens is 4. The highest BCUT2D eigenvalue weighted by molar-refractivity contribution is 6.05. The summed E-state index contributed by atoms with van der Waals surface area (Å²) < 4.78 is 2.61. The van der Waals surface area contributed by atoms with Gasteiger partial charge in [0.1, 0.15) is 5.52 Å². The predicted molar refractivity (Wildman–Crippen MR) is 105 cm³/mol. The first-order valence-corrected chi connectivity index (χ1v) is 8.63. The summed E-state index contributed by atoms with van der Waals surface area (Å²) in [5, 5.41) is 2.80. The van der Waals surface area contributed by atoms with Crippen LogP contribution in [0.15, 0.2) is 70.6 Å². The number of fused-ring (bicyclic) bond motifs is 1. The minimum Gasteiger partial charge on any atom is -0.348 e. The first-order valence-electron chi connectivity index (χ1n) is 8.63. The number of hydrogen-bond donors (Lipinski definition) is 2. The van der Waals surface area contributed by atoms with E-state index in [0.29, 0.717) is 12.2 Å². The molecular formula is C20H17N5O3. The molecule has 0 aliphatic carbocycles. The third-order valence-corrected chi connectivity index (χ3v) is 4.48. The maximum absolute atomic E-state index is 13.0. The van der Waals surface area contributed by atoms with Crippen molar-refractivity contribution in [2.45, 2.75) is 6.54 Å². The summed E-state index contributed by atoms with van der Waals surface area (Å²) in [6.45, 7) is 0.309. The second-order valence-corrected chi connectivity index (χ2v) is 6.32.